The molecule has 72 valence electrons. The Morgan fingerprint density at radius 3 is 2.75 bits per heavy atom. The molecule has 0 aromatic carbocycles. The summed E-state index contributed by atoms with van der Waals surface area (Å²) in [6.45, 7) is 1.31. The van der Waals surface area contributed by atoms with Gasteiger partial charge in [0, 0.05) is 7.11 Å². The van der Waals surface area contributed by atoms with E-state index < -0.39 is 12.1 Å². The average Bonchev–Trinajstić information content (AvgIpc) is 2.05. The number of rotatable bonds is 6. The number of aliphatic hydroxyl groups is 1. The van der Waals surface area contributed by atoms with Crippen LogP contribution in [0.4, 0.5) is 0 Å². The fourth-order valence-electron chi connectivity index (χ4n) is 0.504. The maximum absolute atomic E-state index is 10.8. The van der Waals surface area contributed by atoms with Crippen LogP contribution in [0.1, 0.15) is 6.92 Å². The smallest absolute Gasteiger partial charge is 0.332 e. The molecule has 0 aliphatic rings. The van der Waals surface area contributed by atoms with Crippen LogP contribution in [0.2, 0.25) is 0 Å². The maximum atomic E-state index is 10.8. The molecule has 0 amide bonds. The molecule has 0 saturated carbocycles. The van der Waals surface area contributed by atoms with E-state index in [-0.39, 0.29) is 20.0 Å². The SMILES string of the molecule is COCOCC(=O)OC(C)CO. The number of hydrogen-bond acceptors (Lipinski definition) is 5. The van der Waals surface area contributed by atoms with Gasteiger partial charge in [0.15, 0.2) is 0 Å². The van der Waals surface area contributed by atoms with Gasteiger partial charge in [-0.15, -0.1) is 0 Å². The Balaban J connectivity index is 3.33. The van der Waals surface area contributed by atoms with E-state index in [0.717, 1.165) is 0 Å². The summed E-state index contributed by atoms with van der Waals surface area (Å²) in [5, 5.41) is 8.51. The lowest BCUT2D eigenvalue weighted by atomic mass is 10.4. The lowest BCUT2D eigenvalue weighted by Crippen LogP contribution is -2.22. The molecule has 5 nitrogen and oxygen atoms in total. The molecule has 5 heteroatoms. The first-order valence-electron chi connectivity index (χ1n) is 3.57. The molecule has 0 aliphatic heterocycles. The van der Waals surface area contributed by atoms with E-state index in [1.807, 2.05) is 0 Å². The van der Waals surface area contributed by atoms with E-state index in [9.17, 15) is 4.79 Å². The van der Waals surface area contributed by atoms with Crippen molar-refractivity contribution < 1.29 is 24.1 Å². The molecule has 0 spiro atoms. The normalized spacial score (nSPS) is 12.6. The van der Waals surface area contributed by atoms with Crippen LogP contribution in [0.25, 0.3) is 0 Å². The van der Waals surface area contributed by atoms with Gasteiger partial charge in [-0.1, -0.05) is 0 Å². The molecular weight excluding hydrogens is 164 g/mol. The van der Waals surface area contributed by atoms with Gasteiger partial charge in [-0.05, 0) is 6.92 Å². The zero-order valence-electron chi connectivity index (χ0n) is 7.28. The van der Waals surface area contributed by atoms with E-state index in [1.165, 1.54) is 7.11 Å². The van der Waals surface area contributed by atoms with Crippen molar-refractivity contribution in [2.24, 2.45) is 0 Å². The van der Waals surface area contributed by atoms with E-state index in [4.69, 9.17) is 9.84 Å². The largest absolute Gasteiger partial charge is 0.459 e. The van der Waals surface area contributed by atoms with E-state index >= 15 is 0 Å². The lowest BCUT2D eigenvalue weighted by Gasteiger charge is -2.09. The van der Waals surface area contributed by atoms with Crippen LogP contribution >= 0.6 is 0 Å². The van der Waals surface area contributed by atoms with Gasteiger partial charge in [-0.3, -0.25) is 0 Å². The highest BCUT2D eigenvalue weighted by Gasteiger charge is 2.07. The highest BCUT2D eigenvalue weighted by Crippen LogP contribution is 1.90. The minimum atomic E-state index is -0.506. The van der Waals surface area contributed by atoms with Crippen molar-refractivity contribution in [3.8, 4) is 0 Å². The Kier molecular flexibility index (Phi) is 6.64. The summed E-state index contributed by atoms with van der Waals surface area (Å²) in [7, 11) is 1.46. The van der Waals surface area contributed by atoms with Crippen molar-refractivity contribution >= 4 is 5.97 Å². The van der Waals surface area contributed by atoms with Crippen molar-refractivity contribution in [1.29, 1.82) is 0 Å². The fourth-order valence-corrected chi connectivity index (χ4v) is 0.504. The van der Waals surface area contributed by atoms with Crippen LogP contribution in [-0.2, 0) is 19.0 Å². The number of carbonyl (C=O) groups excluding carboxylic acids is 1. The summed E-state index contributed by atoms with van der Waals surface area (Å²) in [6.07, 6.45) is -0.483. The van der Waals surface area contributed by atoms with Crippen molar-refractivity contribution in [2.75, 3.05) is 27.1 Å². The number of aliphatic hydroxyl groups excluding tert-OH is 1. The van der Waals surface area contributed by atoms with Crippen LogP contribution in [0, 0.1) is 0 Å². The third-order valence-electron chi connectivity index (χ3n) is 1.01. The molecule has 0 rings (SSSR count). The van der Waals surface area contributed by atoms with Crippen LogP contribution in [-0.4, -0.2) is 44.3 Å². The molecule has 0 heterocycles. The molecule has 0 radical (unpaired) electrons. The molecule has 0 saturated heterocycles. The van der Waals surface area contributed by atoms with E-state index in [1.54, 1.807) is 6.92 Å². The van der Waals surface area contributed by atoms with E-state index in [2.05, 4.69) is 9.47 Å². The molecule has 0 fully saturated rings. The molecular formula is C7H14O5. The summed E-state index contributed by atoms with van der Waals surface area (Å²) < 4.78 is 13.9. The second-order valence-corrected chi connectivity index (χ2v) is 2.24. The first-order valence-corrected chi connectivity index (χ1v) is 3.57. The topological polar surface area (TPSA) is 65.0 Å². The van der Waals surface area contributed by atoms with Crippen LogP contribution in [0.5, 0.6) is 0 Å². The number of carbonyl (C=O) groups is 1. The van der Waals surface area contributed by atoms with Gasteiger partial charge < -0.3 is 19.3 Å². The summed E-state index contributed by atoms with van der Waals surface area (Å²) in [4.78, 5) is 10.8. The third-order valence-corrected chi connectivity index (χ3v) is 1.01. The zero-order chi connectivity index (χ0) is 9.40. The van der Waals surface area contributed by atoms with Crippen LogP contribution in [0.15, 0.2) is 0 Å². The average molecular weight is 178 g/mol. The van der Waals surface area contributed by atoms with Crippen molar-refractivity contribution in [3.05, 3.63) is 0 Å². The number of esters is 1. The Bertz CT molecular complexity index is 125. The first kappa shape index (κ1) is 11.4. The highest BCUT2D eigenvalue weighted by molar-refractivity contribution is 5.70. The monoisotopic (exact) mass is 178 g/mol. The molecule has 12 heavy (non-hydrogen) atoms. The second kappa shape index (κ2) is 7.02. The Morgan fingerprint density at radius 2 is 2.25 bits per heavy atom. The Morgan fingerprint density at radius 1 is 1.58 bits per heavy atom. The lowest BCUT2D eigenvalue weighted by molar-refractivity contribution is -0.159. The van der Waals surface area contributed by atoms with Gasteiger partial charge in [0.05, 0.1) is 6.61 Å². The molecule has 0 aliphatic carbocycles. The summed E-state index contributed by atoms with van der Waals surface area (Å²) in [5.41, 5.74) is 0. The van der Waals surface area contributed by atoms with Gasteiger partial charge in [0.1, 0.15) is 19.5 Å². The molecule has 0 bridgehead atoms. The summed E-state index contributed by atoms with van der Waals surface area (Å²) in [5.74, 6) is -0.506. The maximum Gasteiger partial charge on any atom is 0.332 e. The van der Waals surface area contributed by atoms with Crippen LogP contribution < -0.4 is 0 Å². The number of methoxy groups -OCH3 is 1. The second-order valence-electron chi connectivity index (χ2n) is 2.24. The van der Waals surface area contributed by atoms with Gasteiger partial charge in [-0.2, -0.15) is 0 Å². The van der Waals surface area contributed by atoms with E-state index in [0.29, 0.717) is 0 Å². The van der Waals surface area contributed by atoms with Gasteiger partial charge in [0.2, 0.25) is 0 Å². The Hall–Kier alpha value is -0.650. The fraction of sp³-hybridized carbons (Fsp3) is 0.857. The van der Waals surface area contributed by atoms with Crippen LogP contribution in [0.3, 0.4) is 0 Å². The molecule has 0 aromatic heterocycles. The van der Waals surface area contributed by atoms with Gasteiger partial charge in [0.25, 0.3) is 0 Å². The minimum Gasteiger partial charge on any atom is -0.459 e. The predicted molar refractivity (Wildman–Crippen MR) is 40.5 cm³/mol. The molecule has 1 N–H and O–H groups in total. The molecule has 0 aromatic rings. The standard InChI is InChI=1S/C7H14O5/c1-6(3-8)12-7(9)4-11-5-10-2/h6,8H,3-5H2,1-2H3. The number of ether oxygens (including phenoxy) is 3. The predicted octanol–water partition coefficient (Wildman–Crippen LogP) is -0.469. The molecule has 1 unspecified atom stereocenters. The third kappa shape index (κ3) is 6.09. The van der Waals surface area contributed by atoms with Gasteiger partial charge >= 0.3 is 5.97 Å². The van der Waals surface area contributed by atoms with Crippen molar-refractivity contribution in [3.63, 3.8) is 0 Å². The minimum absolute atomic E-state index is 0.0581. The van der Waals surface area contributed by atoms with Crippen molar-refractivity contribution in [1.82, 2.24) is 0 Å². The van der Waals surface area contributed by atoms with Gasteiger partial charge in [-0.25, -0.2) is 4.79 Å². The molecule has 1 atom stereocenters. The summed E-state index contributed by atoms with van der Waals surface area (Å²) in [6, 6.07) is 0. The van der Waals surface area contributed by atoms with Crippen molar-refractivity contribution in [2.45, 2.75) is 13.0 Å². The quantitative estimate of drug-likeness (QED) is 0.338. The zero-order valence-corrected chi connectivity index (χ0v) is 7.28. The first-order chi connectivity index (χ1) is 5.70. The Labute approximate surface area is 71.2 Å². The number of hydrogen-bond donors (Lipinski definition) is 1. The summed E-state index contributed by atoms with van der Waals surface area (Å²) >= 11 is 0. The highest BCUT2D eigenvalue weighted by atomic mass is 16.7.